The van der Waals surface area contributed by atoms with Crippen molar-refractivity contribution in [2.24, 2.45) is 0 Å². The minimum Gasteiger partial charge on any atom is -0.359 e. The fourth-order valence-corrected chi connectivity index (χ4v) is 3.95. The van der Waals surface area contributed by atoms with Crippen LogP contribution in [0, 0.1) is 11.3 Å². The van der Waals surface area contributed by atoms with Gasteiger partial charge < -0.3 is 10.2 Å². The van der Waals surface area contributed by atoms with Gasteiger partial charge in [-0.15, -0.1) is 11.3 Å². The number of hydrogen-bond acceptors (Lipinski definition) is 6. The normalized spacial score (nSPS) is 14.8. The van der Waals surface area contributed by atoms with E-state index in [0.29, 0.717) is 11.6 Å². The van der Waals surface area contributed by atoms with E-state index in [4.69, 9.17) is 10.2 Å². The molecule has 26 heavy (non-hydrogen) atoms. The predicted molar refractivity (Wildman–Crippen MR) is 105 cm³/mol. The van der Waals surface area contributed by atoms with Crippen molar-refractivity contribution in [3.05, 3.63) is 59.6 Å². The molecule has 0 radical (unpaired) electrons. The summed E-state index contributed by atoms with van der Waals surface area (Å²) in [6.07, 6.45) is 3.73. The molecule has 5 nitrogen and oxygen atoms in total. The third-order valence-electron chi connectivity index (χ3n) is 4.60. The van der Waals surface area contributed by atoms with Crippen LogP contribution in [-0.4, -0.2) is 29.1 Å². The molecular weight excluding hydrogens is 342 g/mol. The van der Waals surface area contributed by atoms with E-state index < -0.39 is 0 Å². The SMILES string of the molecule is N#Cc1ccc(N2CCC(Nc3nc(-c4ccccc4)cs3)CC2)nc1. The molecule has 0 atom stereocenters. The maximum atomic E-state index is 8.87. The lowest BCUT2D eigenvalue weighted by atomic mass is 10.1. The average Bonchev–Trinajstić information content (AvgIpc) is 3.18. The molecule has 1 saturated heterocycles. The molecule has 130 valence electrons. The number of piperidine rings is 1. The van der Waals surface area contributed by atoms with Crippen LogP contribution in [0.4, 0.5) is 10.9 Å². The van der Waals surface area contributed by atoms with Crippen LogP contribution >= 0.6 is 11.3 Å². The number of rotatable bonds is 4. The van der Waals surface area contributed by atoms with E-state index in [1.807, 2.05) is 30.3 Å². The Balaban J connectivity index is 1.34. The summed E-state index contributed by atoms with van der Waals surface area (Å²) >= 11 is 1.66. The number of nitrogens with one attached hydrogen (secondary N) is 1. The highest BCUT2D eigenvalue weighted by Crippen LogP contribution is 2.27. The first-order valence-electron chi connectivity index (χ1n) is 8.70. The van der Waals surface area contributed by atoms with E-state index in [2.05, 4.69) is 38.8 Å². The largest absolute Gasteiger partial charge is 0.359 e. The molecule has 1 aliphatic heterocycles. The predicted octanol–water partition coefficient (Wildman–Crippen LogP) is 4.16. The molecule has 3 aromatic rings. The van der Waals surface area contributed by atoms with Crippen molar-refractivity contribution in [1.29, 1.82) is 5.26 Å². The van der Waals surface area contributed by atoms with Crippen LogP contribution in [-0.2, 0) is 0 Å². The topological polar surface area (TPSA) is 64.8 Å². The summed E-state index contributed by atoms with van der Waals surface area (Å²) in [5, 5.41) is 15.5. The molecule has 1 aromatic carbocycles. The van der Waals surface area contributed by atoms with E-state index in [1.54, 1.807) is 17.5 Å². The number of thiazole rings is 1. The summed E-state index contributed by atoms with van der Waals surface area (Å²) in [5.41, 5.74) is 2.78. The fourth-order valence-electron chi connectivity index (χ4n) is 3.15. The van der Waals surface area contributed by atoms with Crippen LogP contribution in [0.2, 0.25) is 0 Å². The average molecular weight is 361 g/mol. The van der Waals surface area contributed by atoms with Gasteiger partial charge in [0.2, 0.25) is 0 Å². The Bertz CT molecular complexity index is 890. The monoisotopic (exact) mass is 361 g/mol. The van der Waals surface area contributed by atoms with Gasteiger partial charge in [-0.1, -0.05) is 30.3 Å². The van der Waals surface area contributed by atoms with Crippen molar-refractivity contribution < 1.29 is 0 Å². The quantitative estimate of drug-likeness (QED) is 0.756. The molecule has 0 unspecified atom stereocenters. The van der Waals surface area contributed by atoms with E-state index in [0.717, 1.165) is 48.1 Å². The molecule has 1 aliphatic rings. The smallest absolute Gasteiger partial charge is 0.183 e. The maximum Gasteiger partial charge on any atom is 0.183 e. The van der Waals surface area contributed by atoms with Gasteiger partial charge in [0.05, 0.1) is 11.3 Å². The van der Waals surface area contributed by atoms with Crippen molar-refractivity contribution in [3.8, 4) is 17.3 Å². The summed E-state index contributed by atoms with van der Waals surface area (Å²) in [6, 6.07) is 16.6. The molecule has 1 N–H and O–H groups in total. The lowest BCUT2D eigenvalue weighted by molar-refractivity contribution is 0.523. The summed E-state index contributed by atoms with van der Waals surface area (Å²) in [4.78, 5) is 11.4. The fraction of sp³-hybridized carbons (Fsp3) is 0.250. The van der Waals surface area contributed by atoms with E-state index in [1.165, 1.54) is 0 Å². The van der Waals surface area contributed by atoms with Crippen LogP contribution in [0.5, 0.6) is 0 Å². The van der Waals surface area contributed by atoms with Crippen molar-refractivity contribution in [2.75, 3.05) is 23.3 Å². The highest BCUT2D eigenvalue weighted by molar-refractivity contribution is 7.14. The van der Waals surface area contributed by atoms with E-state index in [-0.39, 0.29) is 0 Å². The first kappa shape index (κ1) is 16.6. The van der Waals surface area contributed by atoms with Gasteiger partial charge in [-0.2, -0.15) is 5.26 Å². The highest BCUT2D eigenvalue weighted by atomic mass is 32.1. The van der Waals surface area contributed by atoms with Crippen LogP contribution < -0.4 is 10.2 Å². The molecule has 1 fully saturated rings. The van der Waals surface area contributed by atoms with Gasteiger partial charge in [-0.05, 0) is 25.0 Å². The number of hydrogen-bond donors (Lipinski definition) is 1. The van der Waals surface area contributed by atoms with Gasteiger partial charge in [0.1, 0.15) is 11.9 Å². The van der Waals surface area contributed by atoms with Gasteiger partial charge >= 0.3 is 0 Å². The minimum atomic E-state index is 0.430. The number of nitrogens with zero attached hydrogens (tertiary/aromatic N) is 4. The second-order valence-electron chi connectivity index (χ2n) is 6.33. The van der Waals surface area contributed by atoms with Gasteiger partial charge in [-0.25, -0.2) is 9.97 Å². The number of pyridine rings is 1. The molecule has 0 saturated carbocycles. The number of nitriles is 1. The van der Waals surface area contributed by atoms with E-state index >= 15 is 0 Å². The zero-order chi connectivity index (χ0) is 17.8. The standard InChI is InChI=1S/C20H19N5S/c21-12-15-6-7-19(22-13-15)25-10-8-17(9-11-25)23-20-24-18(14-26-20)16-4-2-1-3-5-16/h1-7,13-14,17H,8-11H2,(H,23,24). The molecule has 0 amide bonds. The second-order valence-corrected chi connectivity index (χ2v) is 7.18. The lowest BCUT2D eigenvalue weighted by Gasteiger charge is -2.33. The molecule has 0 aliphatic carbocycles. The zero-order valence-corrected chi connectivity index (χ0v) is 15.1. The van der Waals surface area contributed by atoms with Crippen molar-refractivity contribution in [3.63, 3.8) is 0 Å². The molecule has 2 aromatic heterocycles. The summed E-state index contributed by atoms with van der Waals surface area (Å²) in [6.45, 7) is 1.90. The number of benzene rings is 1. The highest BCUT2D eigenvalue weighted by Gasteiger charge is 2.21. The van der Waals surface area contributed by atoms with Gasteiger partial charge in [0.25, 0.3) is 0 Å². The maximum absolute atomic E-state index is 8.87. The van der Waals surface area contributed by atoms with Gasteiger partial charge in [0, 0.05) is 36.3 Å². The molecule has 0 bridgehead atoms. The van der Waals surface area contributed by atoms with Crippen LogP contribution in [0.1, 0.15) is 18.4 Å². The molecule has 4 rings (SSSR count). The third-order valence-corrected chi connectivity index (χ3v) is 5.37. The van der Waals surface area contributed by atoms with Gasteiger partial charge in [0.15, 0.2) is 5.13 Å². The number of aromatic nitrogens is 2. The summed E-state index contributed by atoms with van der Waals surface area (Å²) in [7, 11) is 0. The Hall–Kier alpha value is -2.91. The first-order chi connectivity index (χ1) is 12.8. The molecular formula is C20H19N5S. The van der Waals surface area contributed by atoms with Crippen LogP contribution in [0.3, 0.4) is 0 Å². The molecule has 3 heterocycles. The molecule has 6 heteroatoms. The van der Waals surface area contributed by atoms with Crippen molar-refractivity contribution in [1.82, 2.24) is 9.97 Å². The van der Waals surface area contributed by atoms with Gasteiger partial charge in [-0.3, -0.25) is 0 Å². The lowest BCUT2D eigenvalue weighted by Crippen LogP contribution is -2.39. The summed E-state index contributed by atoms with van der Waals surface area (Å²) < 4.78 is 0. The second kappa shape index (κ2) is 7.54. The molecule has 0 spiro atoms. The Morgan fingerprint density at radius 3 is 2.62 bits per heavy atom. The number of anilines is 2. The van der Waals surface area contributed by atoms with Crippen molar-refractivity contribution in [2.45, 2.75) is 18.9 Å². The van der Waals surface area contributed by atoms with Crippen LogP contribution in [0.15, 0.2) is 54.0 Å². The zero-order valence-electron chi connectivity index (χ0n) is 14.3. The van der Waals surface area contributed by atoms with E-state index in [9.17, 15) is 0 Å². The minimum absolute atomic E-state index is 0.430. The third kappa shape index (κ3) is 3.68. The Morgan fingerprint density at radius 2 is 1.92 bits per heavy atom. The van der Waals surface area contributed by atoms with Crippen molar-refractivity contribution >= 4 is 22.3 Å². The van der Waals surface area contributed by atoms with Crippen LogP contribution in [0.25, 0.3) is 11.3 Å². The summed E-state index contributed by atoms with van der Waals surface area (Å²) in [5.74, 6) is 0.947. The Labute approximate surface area is 157 Å². The Morgan fingerprint density at radius 1 is 1.12 bits per heavy atom. The Kier molecular flexibility index (Phi) is 4.80. The first-order valence-corrected chi connectivity index (χ1v) is 9.58.